The van der Waals surface area contributed by atoms with Gasteiger partial charge in [0.1, 0.15) is 0 Å². The van der Waals surface area contributed by atoms with Crippen molar-refractivity contribution >= 4 is 11.9 Å². The summed E-state index contributed by atoms with van der Waals surface area (Å²) in [4.78, 5) is 24.5. The van der Waals surface area contributed by atoms with E-state index >= 15 is 0 Å². The molecule has 5 heteroatoms. The van der Waals surface area contributed by atoms with Crippen LogP contribution in [0.15, 0.2) is 24.3 Å². The highest BCUT2D eigenvalue weighted by Gasteiger charge is 2.24. The minimum atomic E-state index is -0.994. The number of hydrogen-bond acceptors (Lipinski definition) is 3. The Balaban J connectivity index is 2.10. The molecule has 1 aromatic carbocycles. The van der Waals surface area contributed by atoms with Crippen molar-refractivity contribution in [3.63, 3.8) is 0 Å². The molecule has 0 bridgehead atoms. The lowest BCUT2D eigenvalue weighted by Gasteiger charge is -2.23. The summed E-state index contributed by atoms with van der Waals surface area (Å²) in [7, 11) is 1.74. The van der Waals surface area contributed by atoms with Crippen LogP contribution < -0.4 is 0 Å². The van der Waals surface area contributed by atoms with E-state index in [4.69, 9.17) is 9.84 Å². The van der Waals surface area contributed by atoms with Gasteiger partial charge in [0.2, 0.25) is 0 Å². The lowest BCUT2D eigenvalue weighted by molar-refractivity contribution is 0.0689. The molecule has 1 aromatic rings. The molecule has 1 fully saturated rings. The van der Waals surface area contributed by atoms with Gasteiger partial charge >= 0.3 is 5.97 Å². The zero-order valence-corrected chi connectivity index (χ0v) is 10.1. The molecular weight excluding hydrogens is 234 g/mol. The average molecular weight is 249 g/mol. The first-order chi connectivity index (χ1) is 8.59. The first kappa shape index (κ1) is 12.6. The molecule has 1 heterocycles. The fraction of sp³-hybridized carbons (Fsp3) is 0.385. The number of aromatic carboxylic acids is 1. The van der Waals surface area contributed by atoms with Crippen LogP contribution in [-0.2, 0) is 4.74 Å². The fourth-order valence-corrected chi connectivity index (χ4v) is 1.95. The van der Waals surface area contributed by atoms with E-state index in [9.17, 15) is 9.59 Å². The Bertz CT molecular complexity index is 449. The molecule has 1 saturated heterocycles. The number of hydrogen-bond donors (Lipinski definition) is 1. The number of benzene rings is 1. The predicted molar refractivity (Wildman–Crippen MR) is 64.7 cm³/mol. The molecule has 1 aliphatic rings. The number of rotatable bonds is 3. The summed E-state index contributed by atoms with van der Waals surface area (Å²) >= 11 is 0. The van der Waals surface area contributed by atoms with E-state index in [1.54, 1.807) is 11.9 Å². The highest BCUT2D eigenvalue weighted by molar-refractivity contribution is 5.95. The van der Waals surface area contributed by atoms with Gasteiger partial charge in [0.05, 0.1) is 18.2 Å². The van der Waals surface area contributed by atoms with E-state index in [2.05, 4.69) is 0 Å². The van der Waals surface area contributed by atoms with Gasteiger partial charge < -0.3 is 14.7 Å². The summed E-state index contributed by atoms with van der Waals surface area (Å²) in [5.74, 6) is -1.10. The molecule has 96 valence electrons. The lowest BCUT2D eigenvalue weighted by Crippen LogP contribution is -2.37. The van der Waals surface area contributed by atoms with Crippen molar-refractivity contribution in [3.8, 4) is 0 Å². The molecule has 1 amide bonds. The molecule has 2 rings (SSSR count). The minimum absolute atomic E-state index is 0.108. The minimum Gasteiger partial charge on any atom is -0.478 e. The zero-order chi connectivity index (χ0) is 13.1. The second-order valence-corrected chi connectivity index (χ2v) is 4.32. The van der Waals surface area contributed by atoms with Crippen LogP contribution in [0.5, 0.6) is 0 Å². The predicted octanol–water partition coefficient (Wildman–Crippen LogP) is 1.25. The van der Waals surface area contributed by atoms with Crippen molar-refractivity contribution in [3.05, 3.63) is 35.4 Å². The van der Waals surface area contributed by atoms with E-state index in [0.717, 1.165) is 6.42 Å². The van der Waals surface area contributed by atoms with Crippen molar-refractivity contribution < 1.29 is 19.4 Å². The van der Waals surface area contributed by atoms with Crippen LogP contribution in [0, 0.1) is 0 Å². The second kappa shape index (κ2) is 5.18. The van der Waals surface area contributed by atoms with Gasteiger partial charge in [-0.1, -0.05) is 0 Å². The molecule has 1 N–H and O–H groups in total. The molecule has 0 aliphatic carbocycles. The first-order valence-electron chi connectivity index (χ1n) is 5.78. The SMILES string of the molecule is CN(C(=O)c1ccc(C(=O)O)cc1)C1CCOC1. The fourth-order valence-electron chi connectivity index (χ4n) is 1.95. The lowest BCUT2D eigenvalue weighted by atomic mass is 10.1. The second-order valence-electron chi connectivity index (χ2n) is 4.32. The van der Waals surface area contributed by atoms with Crippen LogP contribution in [0.25, 0.3) is 0 Å². The summed E-state index contributed by atoms with van der Waals surface area (Å²) in [6.07, 6.45) is 0.843. The Morgan fingerprint density at radius 1 is 1.28 bits per heavy atom. The third-order valence-corrected chi connectivity index (χ3v) is 3.15. The maximum absolute atomic E-state index is 12.1. The number of amides is 1. The Labute approximate surface area is 105 Å². The smallest absolute Gasteiger partial charge is 0.335 e. The van der Waals surface area contributed by atoms with Gasteiger partial charge in [-0.2, -0.15) is 0 Å². The number of ether oxygens (including phenoxy) is 1. The maximum Gasteiger partial charge on any atom is 0.335 e. The van der Waals surface area contributed by atoms with E-state index in [-0.39, 0.29) is 17.5 Å². The van der Waals surface area contributed by atoms with Crippen molar-refractivity contribution in [2.45, 2.75) is 12.5 Å². The number of likely N-dealkylation sites (N-methyl/N-ethyl adjacent to an activating group) is 1. The Hall–Kier alpha value is -1.88. The van der Waals surface area contributed by atoms with Gasteiger partial charge in [-0.05, 0) is 30.7 Å². The van der Waals surface area contributed by atoms with Gasteiger partial charge in [0, 0.05) is 19.2 Å². The topological polar surface area (TPSA) is 66.8 Å². The maximum atomic E-state index is 12.1. The van der Waals surface area contributed by atoms with Gasteiger partial charge in [-0.3, -0.25) is 4.79 Å². The third kappa shape index (κ3) is 2.51. The Morgan fingerprint density at radius 3 is 2.39 bits per heavy atom. The highest BCUT2D eigenvalue weighted by atomic mass is 16.5. The van der Waals surface area contributed by atoms with Gasteiger partial charge in [0.25, 0.3) is 5.91 Å². The van der Waals surface area contributed by atoms with Crippen LogP contribution >= 0.6 is 0 Å². The van der Waals surface area contributed by atoms with E-state index in [1.807, 2.05) is 0 Å². The van der Waals surface area contributed by atoms with Crippen LogP contribution in [0.2, 0.25) is 0 Å². The number of nitrogens with zero attached hydrogens (tertiary/aromatic N) is 1. The number of carboxylic acids is 1. The Morgan fingerprint density at radius 2 is 1.89 bits per heavy atom. The molecule has 0 spiro atoms. The molecule has 0 radical (unpaired) electrons. The molecule has 0 saturated carbocycles. The molecule has 18 heavy (non-hydrogen) atoms. The summed E-state index contributed by atoms with van der Waals surface area (Å²) in [5, 5.41) is 8.78. The number of carboxylic acid groups (broad SMARTS) is 1. The van der Waals surface area contributed by atoms with Gasteiger partial charge in [-0.15, -0.1) is 0 Å². The van der Waals surface area contributed by atoms with Gasteiger partial charge in [0.15, 0.2) is 0 Å². The molecule has 1 unspecified atom stereocenters. The standard InChI is InChI=1S/C13H15NO4/c1-14(11-6-7-18-8-11)12(15)9-2-4-10(5-3-9)13(16)17/h2-5,11H,6-8H2,1H3,(H,16,17). The first-order valence-corrected chi connectivity index (χ1v) is 5.78. The van der Waals surface area contributed by atoms with E-state index in [1.165, 1.54) is 24.3 Å². The largest absolute Gasteiger partial charge is 0.478 e. The summed E-state index contributed by atoms with van der Waals surface area (Å²) in [6.45, 7) is 1.25. The molecule has 5 nitrogen and oxygen atoms in total. The molecule has 0 aromatic heterocycles. The van der Waals surface area contributed by atoms with Crippen molar-refractivity contribution in [1.82, 2.24) is 4.90 Å². The average Bonchev–Trinajstić information content (AvgIpc) is 2.91. The summed E-state index contributed by atoms with van der Waals surface area (Å²) < 4.78 is 5.24. The van der Waals surface area contributed by atoms with Crippen LogP contribution in [0.3, 0.4) is 0 Å². The monoisotopic (exact) mass is 249 g/mol. The van der Waals surface area contributed by atoms with Gasteiger partial charge in [-0.25, -0.2) is 4.79 Å². The number of carbonyl (C=O) groups is 2. The summed E-state index contributed by atoms with van der Waals surface area (Å²) in [5.41, 5.74) is 0.674. The zero-order valence-electron chi connectivity index (χ0n) is 10.1. The van der Waals surface area contributed by atoms with E-state index < -0.39 is 5.97 Å². The van der Waals surface area contributed by atoms with Crippen molar-refractivity contribution in [2.75, 3.05) is 20.3 Å². The number of carbonyl (C=O) groups excluding carboxylic acids is 1. The summed E-state index contributed by atoms with van der Waals surface area (Å²) in [6, 6.07) is 6.07. The quantitative estimate of drug-likeness (QED) is 0.875. The highest BCUT2D eigenvalue weighted by Crippen LogP contribution is 2.14. The van der Waals surface area contributed by atoms with Crippen LogP contribution in [0.1, 0.15) is 27.1 Å². The van der Waals surface area contributed by atoms with Crippen LogP contribution in [0.4, 0.5) is 0 Å². The molecule has 1 atom stereocenters. The Kier molecular flexibility index (Phi) is 3.62. The third-order valence-electron chi connectivity index (χ3n) is 3.15. The van der Waals surface area contributed by atoms with Crippen LogP contribution in [-0.4, -0.2) is 48.2 Å². The molecular formula is C13H15NO4. The normalized spacial score (nSPS) is 18.6. The molecule has 1 aliphatic heterocycles. The van der Waals surface area contributed by atoms with E-state index in [0.29, 0.717) is 18.8 Å². The van der Waals surface area contributed by atoms with Crippen molar-refractivity contribution in [2.24, 2.45) is 0 Å². The van der Waals surface area contributed by atoms with Crippen molar-refractivity contribution in [1.29, 1.82) is 0 Å².